The van der Waals surface area contributed by atoms with Crippen LogP contribution in [0.25, 0.3) is 0 Å². The first-order valence-electron chi connectivity index (χ1n) is 5.57. The van der Waals surface area contributed by atoms with Crippen LogP contribution in [0.5, 0.6) is 0 Å². The monoisotopic (exact) mass is 346 g/mol. The van der Waals surface area contributed by atoms with E-state index in [0.717, 1.165) is 11.3 Å². The highest BCUT2D eigenvalue weighted by Gasteiger charge is 2.46. The molecule has 0 bridgehead atoms. The fourth-order valence-corrected chi connectivity index (χ4v) is 3.17. The number of nitrogens with one attached hydrogen (secondary N) is 1. The Morgan fingerprint density at radius 2 is 2.05 bits per heavy atom. The van der Waals surface area contributed by atoms with Gasteiger partial charge in [-0.05, 0) is 13.8 Å². The van der Waals surface area contributed by atoms with Crippen LogP contribution >= 0.6 is 11.3 Å². The normalized spacial score (nSPS) is 14.0. The number of carbonyl (C=O) groups is 1. The number of hydrogen-bond donors (Lipinski definition) is 1. The van der Waals surface area contributed by atoms with Crippen LogP contribution in [0.3, 0.4) is 0 Å². The minimum absolute atomic E-state index is 0.0694. The third-order valence-electron chi connectivity index (χ3n) is 2.48. The number of hydrogen-bond acceptors (Lipinski definition) is 6. The second kappa shape index (κ2) is 6.28. The van der Waals surface area contributed by atoms with Gasteiger partial charge < -0.3 is 4.74 Å². The van der Waals surface area contributed by atoms with Crippen molar-refractivity contribution >= 4 is 27.3 Å². The molecule has 1 atom stereocenters. The van der Waals surface area contributed by atoms with Crippen molar-refractivity contribution in [3.63, 3.8) is 0 Å². The second-order valence-corrected chi connectivity index (χ2v) is 7.20. The molecule has 0 aliphatic carbocycles. The van der Waals surface area contributed by atoms with Crippen LogP contribution in [0.1, 0.15) is 27.3 Å². The molecule has 0 aliphatic rings. The van der Waals surface area contributed by atoms with Crippen LogP contribution in [-0.4, -0.2) is 37.8 Å². The van der Waals surface area contributed by atoms with Gasteiger partial charge in [-0.15, -0.1) is 11.3 Å². The number of carbonyl (C=O) groups excluding carboxylic acids is 1. The van der Waals surface area contributed by atoms with Crippen molar-refractivity contribution in [3.05, 3.63) is 15.6 Å². The summed E-state index contributed by atoms with van der Waals surface area (Å²) in [6.45, 7) is 2.03. The first-order valence-corrected chi connectivity index (χ1v) is 7.93. The number of ether oxygens (including phenoxy) is 1. The molecule has 1 rings (SSSR count). The van der Waals surface area contributed by atoms with Crippen LogP contribution in [0, 0.1) is 6.92 Å². The van der Waals surface area contributed by atoms with E-state index in [4.69, 9.17) is 4.74 Å². The number of alkyl halides is 3. The van der Waals surface area contributed by atoms with Crippen LogP contribution in [0.15, 0.2) is 0 Å². The molecule has 0 radical (unpaired) electrons. The Kier molecular flexibility index (Phi) is 5.34. The number of nitrogens with zero attached hydrogens (tertiary/aromatic N) is 1. The smallest absolute Gasteiger partial charge is 0.378 e. The number of rotatable bonds is 5. The molecule has 6 nitrogen and oxygen atoms in total. The van der Waals surface area contributed by atoms with Crippen molar-refractivity contribution in [2.75, 3.05) is 7.11 Å². The Morgan fingerprint density at radius 3 is 2.52 bits per heavy atom. The maximum Gasteiger partial charge on any atom is 0.407 e. The molecule has 1 unspecified atom stereocenters. The molecule has 0 spiro atoms. The zero-order chi connectivity index (χ0) is 16.4. The van der Waals surface area contributed by atoms with E-state index in [1.165, 1.54) is 18.8 Å². The summed E-state index contributed by atoms with van der Waals surface area (Å²) in [6, 6.07) is 0. The number of amides is 1. The Bertz CT molecular complexity index is 625. The SMILES string of the molecule is COCc1nc(C)c(C(=O)NS(=O)(=O)C(C)C(F)(F)F)s1. The summed E-state index contributed by atoms with van der Waals surface area (Å²) in [5.41, 5.74) is 0.222. The predicted octanol–water partition coefficient (Wildman–Crippen LogP) is 1.61. The van der Waals surface area contributed by atoms with Crippen molar-refractivity contribution in [1.82, 2.24) is 9.71 Å². The van der Waals surface area contributed by atoms with Crippen molar-refractivity contribution in [2.45, 2.75) is 31.9 Å². The van der Waals surface area contributed by atoms with Gasteiger partial charge in [-0.2, -0.15) is 13.2 Å². The maximum atomic E-state index is 12.4. The molecular weight excluding hydrogens is 333 g/mol. The fraction of sp³-hybridized carbons (Fsp3) is 0.600. The molecule has 0 aromatic carbocycles. The topological polar surface area (TPSA) is 85.4 Å². The van der Waals surface area contributed by atoms with E-state index in [1.807, 2.05) is 0 Å². The number of thiazole rings is 1. The van der Waals surface area contributed by atoms with Gasteiger partial charge in [0.25, 0.3) is 5.91 Å². The number of aryl methyl sites for hydroxylation is 1. The van der Waals surface area contributed by atoms with Gasteiger partial charge in [0.2, 0.25) is 10.0 Å². The highest BCUT2D eigenvalue weighted by molar-refractivity contribution is 7.90. The van der Waals surface area contributed by atoms with Crippen LogP contribution in [0.2, 0.25) is 0 Å². The lowest BCUT2D eigenvalue weighted by Crippen LogP contribution is -2.44. The summed E-state index contributed by atoms with van der Waals surface area (Å²) in [6.07, 6.45) is -4.96. The van der Waals surface area contributed by atoms with Crippen molar-refractivity contribution < 1.29 is 31.1 Å². The van der Waals surface area contributed by atoms with E-state index >= 15 is 0 Å². The summed E-state index contributed by atoms with van der Waals surface area (Å²) in [7, 11) is -3.45. The third kappa shape index (κ3) is 4.38. The molecular formula is C10H13F3N2O4S2. The molecule has 1 aromatic rings. The number of aromatic nitrogens is 1. The summed E-state index contributed by atoms with van der Waals surface area (Å²) in [5, 5.41) is -2.28. The first-order chi connectivity index (χ1) is 9.49. The summed E-state index contributed by atoms with van der Waals surface area (Å²) in [5.74, 6) is -1.14. The Morgan fingerprint density at radius 1 is 1.48 bits per heavy atom. The van der Waals surface area contributed by atoms with Gasteiger partial charge in [-0.3, -0.25) is 4.79 Å². The van der Waals surface area contributed by atoms with Crippen molar-refractivity contribution in [1.29, 1.82) is 0 Å². The van der Waals surface area contributed by atoms with Gasteiger partial charge in [0, 0.05) is 7.11 Å². The highest BCUT2D eigenvalue weighted by Crippen LogP contribution is 2.26. The highest BCUT2D eigenvalue weighted by atomic mass is 32.2. The van der Waals surface area contributed by atoms with Gasteiger partial charge in [0.05, 0.1) is 12.3 Å². The summed E-state index contributed by atoms with van der Waals surface area (Å²) >= 11 is 0.858. The molecule has 1 N–H and O–H groups in total. The van der Waals surface area contributed by atoms with Gasteiger partial charge >= 0.3 is 6.18 Å². The zero-order valence-electron chi connectivity index (χ0n) is 11.3. The average molecular weight is 346 g/mol. The number of methoxy groups -OCH3 is 1. The van der Waals surface area contributed by atoms with E-state index < -0.39 is 27.4 Å². The predicted molar refractivity (Wildman–Crippen MR) is 69.5 cm³/mol. The molecule has 120 valence electrons. The summed E-state index contributed by atoms with van der Waals surface area (Å²) in [4.78, 5) is 15.7. The first kappa shape index (κ1) is 17.9. The molecule has 1 amide bonds. The standard InChI is InChI=1S/C10H13F3N2O4S2/c1-5-8(20-7(14-5)4-19-3)9(16)15-21(17,18)6(2)10(11,12)13/h6H,4H2,1-3H3,(H,15,16). The lowest BCUT2D eigenvalue weighted by atomic mass is 10.4. The fourth-order valence-electron chi connectivity index (χ4n) is 1.29. The summed E-state index contributed by atoms with van der Waals surface area (Å²) < 4.78 is 66.5. The maximum absolute atomic E-state index is 12.4. The number of halogens is 3. The molecule has 0 saturated heterocycles. The van der Waals surface area contributed by atoms with Crippen molar-refractivity contribution in [2.24, 2.45) is 0 Å². The minimum Gasteiger partial charge on any atom is -0.378 e. The second-order valence-electron chi connectivity index (χ2n) is 4.12. The third-order valence-corrected chi connectivity index (χ3v) is 5.27. The van der Waals surface area contributed by atoms with Crippen molar-refractivity contribution in [3.8, 4) is 0 Å². The van der Waals surface area contributed by atoms with Crippen LogP contribution in [0.4, 0.5) is 13.2 Å². The molecule has 0 aliphatic heterocycles. The van der Waals surface area contributed by atoms with E-state index in [1.54, 1.807) is 0 Å². The lowest BCUT2D eigenvalue weighted by Gasteiger charge is -2.16. The molecule has 1 heterocycles. The molecule has 1 aromatic heterocycles. The van der Waals surface area contributed by atoms with Gasteiger partial charge in [-0.1, -0.05) is 0 Å². The van der Waals surface area contributed by atoms with Gasteiger partial charge in [0.1, 0.15) is 9.88 Å². The molecule has 0 saturated carbocycles. The quantitative estimate of drug-likeness (QED) is 0.875. The lowest BCUT2D eigenvalue weighted by molar-refractivity contribution is -0.127. The largest absolute Gasteiger partial charge is 0.407 e. The van der Waals surface area contributed by atoms with Gasteiger partial charge in [0.15, 0.2) is 5.25 Å². The molecule has 21 heavy (non-hydrogen) atoms. The molecule has 0 fully saturated rings. The van der Waals surface area contributed by atoms with E-state index in [0.29, 0.717) is 11.9 Å². The Hall–Kier alpha value is -1.20. The van der Waals surface area contributed by atoms with Gasteiger partial charge in [-0.25, -0.2) is 18.1 Å². The zero-order valence-corrected chi connectivity index (χ0v) is 12.9. The number of sulfonamides is 1. The van der Waals surface area contributed by atoms with E-state index in [2.05, 4.69) is 4.98 Å². The van der Waals surface area contributed by atoms with E-state index in [-0.39, 0.29) is 17.2 Å². The van der Waals surface area contributed by atoms with Crippen LogP contribution < -0.4 is 4.72 Å². The van der Waals surface area contributed by atoms with E-state index in [9.17, 15) is 26.4 Å². The average Bonchev–Trinajstić information content (AvgIpc) is 2.68. The Labute approximate surface area is 123 Å². The van der Waals surface area contributed by atoms with Crippen LogP contribution in [-0.2, 0) is 21.4 Å². The molecule has 11 heteroatoms. The Balaban J connectivity index is 2.96. The minimum atomic E-state index is -4.96.